The molecule has 136 valence electrons. The number of nitrogens with one attached hydrogen (secondary N) is 1. The third kappa shape index (κ3) is 4.72. The molecular weight excluding hydrogens is 345 g/mol. The molecule has 0 aliphatic carbocycles. The fourth-order valence-corrected chi connectivity index (χ4v) is 2.53. The number of amides is 1. The maximum Gasteiger partial charge on any atom is 0.472 e. The first-order valence-corrected chi connectivity index (χ1v) is 8.42. The van der Waals surface area contributed by atoms with E-state index in [-0.39, 0.29) is 31.8 Å². The van der Waals surface area contributed by atoms with Crippen LogP contribution in [0.3, 0.4) is 0 Å². The highest BCUT2D eigenvalue weighted by molar-refractivity contribution is 7.47. The Balaban J connectivity index is 1.90. The zero-order valence-corrected chi connectivity index (χ0v) is 14.1. The van der Waals surface area contributed by atoms with Crippen molar-refractivity contribution < 1.29 is 32.8 Å². The lowest BCUT2D eigenvalue weighted by atomic mass is 10.2. The van der Waals surface area contributed by atoms with Crippen LogP contribution in [0.25, 0.3) is 0 Å². The van der Waals surface area contributed by atoms with Gasteiger partial charge in [0.25, 0.3) is 5.91 Å². The number of methoxy groups -OCH3 is 1. The van der Waals surface area contributed by atoms with Gasteiger partial charge < -0.3 is 25.0 Å². The molecule has 2 aliphatic heterocycles. The Morgan fingerprint density at radius 3 is 2.92 bits per heavy atom. The number of carbonyl (C=O) groups excluding carboxylic acids is 1. The highest BCUT2D eigenvalue weighted by atomic mass is 31.2. The monoisotopic (exact) mass is 365 g/mol. The topological polar surface area (TPSA) is 157 Å². The van der Waals surface area contributed by atoms with Gasteiger partial charge in [0, 0.05) is 14.2 Å². The van der Waals surface area contributed by atoms with E-state index < -0.39 is 26.1 Å². The van der Waals surface area contributed by atoms with Crippen molar-refractivity contribution in [2.24, 2.45) is 15.7 Å². The molecule has 0 aromatic carbocycles. The number of phosphoric ester groups is 1. The molecular formula is C11H20N5O7P. The minimum atomic E-state index is -4.11. The smallest absolute Gasteiger partial charge is 0.382 e. The first kappa shape index (κ1) is 18.8. The highest BCUT2D eigenvalue weighted by Gasteiger charge is 2.39. The summed E-state index contributed by atoms with van der Waals surface area (Å²) in [6.07, 6.45) is 0.205. The van der Waals surface area contributed by atoms with Gasteiger partial charge in [0.05, 0.1) is 19.6 Å². The zero-order chi connectivity index (χ0) is 17.7. The molecule has 0 bridgehead atoms. The van der Waals surface area contributed by atoms with Crippen molar-refractivity contribution in [1.82, 2.24) is 10.2 Å². The highest BCUT2D eigenvalue weighted by Crippen LogP contribution is 2.42. The van der Waals surface area contributed by atoms with Gasteiger partial charge in [-0.25, -0.2) is 9.56 Å². The van der Waals surface area contributed by atoms with Gasteiger partial charge in [-0.1, -0.05) is 0 Å². The zero-order valence-electron chi connectivity index (χ0n) is 13.2. The average Bonchev–Trinajstić information content (AvgIpc) is 2.93. The SMILES string of the molecule is COC[C@H](COP(=O)(O)OC)OCN1C=NC2C(=O)NC(N)=NC21. The maximum absolute atomic E-state index is 11.8. The van der Waals surface area contributed by atoms with Gasteiger partial charge in [-0.3, -0.25) is 24.2 Å². The van der Waals surface area contributed by atoms with Gasteiger partial charge in [-0.2, -0.15) is 0 Å². The summed E-state index contributed by atoms with van der Waals surface area (Å²) in [5, 5.41) is 2.39. The van der Waals surface area contributed by atoms with Crippen molar-refractivity contribution in [3.05, 3.63) is 0 Å². The first-order valence-electron chi connectivity index (χ1n) is 6.93. The predicted octanol–water partition coefficient (Wildman–Crippen LogP) is -1.78. The summed E-state index contributed by atoms with van der Waals surface area (Å²) in [4.78, 5) is 30.7. The number of nitrogens with zero attached hydrogens (tertiary/aromatic N) is 3. The molecule has 13 heteroatoms. The minimum absolute atomic E-state index is 0.00876. The van der Waals surface area contributed by atoms with Gasteiger partial charge in [-0.15, -0.1) is 0 Å². The standard InChI is InChI=1S/C11H20N5O7P/c1-20-3-7(4-23-24(18,19)21-2)22-6-16-5-13-8-9(16)14-11(12)15-10(8)17/h5,7-9H,3-4,6H2,1-2H3,(H,18,19)(H3,12,14,15,17)/t7-,8?,9?/m1/s1. The number of hydrogen-bond donors (Lipinski definition) is 3. The molecule has 0 saturated carbocycles. The van der Waals surface area contributed by atoms with E-state index in [0.29, 0.717) is 0 Å². The number of guanidine groups is 1. The van der Waals surface area contributed by atoms with Crippen LogP contribution in [0.4, 0.5) is 0 Å². The van der Waals surface area contributed by atoms with E-state index in [1.807, 2.05) is 0 Å². The molecule has 0 radical (unpaired) electrons. The van der Waals surface area contributed by atoms with Crippen molar-refractivity contribution >= 4 is 26.0 Å². The molecule has 0 spiro atoms. The second-order valence-electron chi connectivity index (χ2n) is 4.96. The lowest BCUT2D eigenvalue weighted by molar-refractivity contribution is -0.122. The average molecular weight is 365 g/mol. The summed E-state index contributed by atoms with van der Waals surface area (Å²) in [6.45, 7) is -0.0933. The van der Waals surface area contributed by atoms with Crippen LogP contribution in [0, 0.1) is 0 Å². The fourth-order valence-electron chi connectivity index (χ4n) is 2.07. The number of phosphoric acid groups is 1. The van der Waals surface area contributed by atoms with Gasteiger partial charge in [0.1, 0.15) is 12.8 Å². The molecule has 24 heavy (non-hydrogen) atoms. The fraction of sp³-hybridized carbons (Fsp3) is 0.727. The summed E-state index contributed by atoms with van der Waals surface area (Å²) in [5.41, 5.74) is 5.54. The number of fused-ring (bicyclic) bond motifs is 1. The number of ether oxygens (including phenoxy) is 2. The van der Waals surface area contributed by atoms with Crippen molar-refractivity contribution in [2.45, 2.75) is 18.3 Å². The molecule has 4 N–H and O–H groups in total. The summed E-state index contributed by atoms with van der Waals surface area (Å²) in [6, 6.07) is -0.691. The first-order chi connectivity index (χ1) is 11.4. The minimum Gasteiger partial charge on any atom is -0.382 e. The maximum atomic E-state index is 11.8. The van der Waals surface area contributed by atoms with Crippen LogP contribution in [0.15, 0.2) is 9.98 Å². The van der Waals surface area contributed by atoms with Crippen LogP contribution in [-0.2, 0) is 27.9 Å². The van der Waals surface area contributed by atoms with Crippen LogP contribution in [0.5, 0.6) is 0 Å². The van der Waals surface area contributed by atoms with E-state index >= 15 is 0 Å². The Morgan fingerprint density at radius 1 is 1.50 bits per heavy atom. The van der Waals surface area contributed by atoms with E-state index in [4.69, 9.17) is 19.7 Å². The molecule has 3 unspecified atom stereocenters. The molecule has 0 aromatic rings. The number of aliphatic imine (C=N–C) groups is 2. The Bertz CT molecular complexity index is 571. The van der Waals surface area contributed by atoms with E-state index in [1.165, 1.54) is 13.4 Å². The summed E-state index contributed by atoms with van der Waals surface area (Å²) >= 11 is 0. The molecule has 12 nitrogen and oxygen atoms in total. The lowest BCUT2D eigenvalue weighted by Crippen LogP contribution is -2.54. The van der Waals surface area contributed by atoms with Gasteiger partial charge in [-0.05, 0) is 0 Å². The Hall–Kier alpha value is -1.56. The van der Waals surface area contributed by atoms with Gasteiger partial charge >= 0.3 is 7.82 Å². The molecule has 2 heterocycles. The second kappa shape index (κ2) is 8.01. The van der Waals surface area contributed by atoms with E-state index in [1.54, 1.807) is 4.90 Å². The molecule has 0 saturated heterocycles. The Kier molecular flexibility index (Phi) is 6.27. The molecule has 0 aromatic heterocycles. The molecule has 2 aliphatic rings. The Morgan fingerprint density at radius 2 is 2.25 bits per heavy atom. The van der Waals surface area contributed by atoms with E-state index in [9.17, 15) is 14.3 Å². The second-order valence-corrected chi connectivity index (χ2v) is 6.52. The van der Waals surface area contributed by atoms with E-state index in [2.05, 4.69) is 19.8 Å². The van der Waals surface area contributed by atoms with Crippen LogP contribution in [0.2, 0.25) is 0 Å². The van der Waals surface area contributed by atoms with Crippen LogP contribution >= 0.6 is 7.82 Å². The molecule has 2 rings (SSSR count). The summed E-state index contributed by atoms with van der Waals surface area (Å²) in [5.74, 6) is -0.334. The van der Waals surface area contributed by atoms with Crippen molar-refractivity contribution in [2.75, 3.05) is 34.2 Å². The molecule has 1 amide bonds. The third-order valence-electron chi connectivity index (χ3n) is 3.26. The normalized spacial score (nSPS) is 26.5. The van der Waals surface area contributed by atoms with Crippen LogP contribution in [0.1, 0.15) is 0 Å². The van der Waals surface area contributed by atoms with Crippen molar-refractivity contribution in [3.63, 3.8) is 0 Å². The number of rotatable bonds is 9. The lowest BCUT2D eigenvalue weighted by Gasteiger charge is -2.28. The number of hydrogen-bond acceptors (Lipinski definition) is 10. The largest absolute Gasteiger partial charge is 0.472 e. The predicted molar refractivity (Wildman–Crippen MR) is 82.1 cm³/mol. The number of nitrogens with two attached hydrogens (primary N) is 1. The summed E-state index contributed by atoms with van der Waals surface area (Å²) < 4.78 is 31.0. The van der Waals surface area contributed by atoms with Crippen LogP contribution in [-0.4, -0.2) is 80.5 Å². The van der Waals surface area contributed by atoms with Crippen molar-refractivity contribution in [1.29, 1.82) is 0 Å². The van der Waals surface area contributed by atoms with Crippen molar-refractivity contribution in [3.8, 4) is 0 Å². The number of carbonyl (C=O) groups is 1. The molecule has 4 atom stereocenters. The Labute approximate surface area is 138 Å². The van der Waals surface area contributed by atoms with E-state index in [0.717, 1.165) is 7.11 Å². The molecule has 0 fully saturated rings. The quantitative estimate of drug-likeness (QED) is 0.402. The summed E-state index contributed by atoms with van der Waals surface area (Å²) in [7, 11) is -1.59. The third-order valence-corrected chi connectivity index (χ3v) is 4.19. The van der Waals surface area contributed by atoms with Crippen LogP contribution < -0.4 is 11.1 Å². The van der Waals surface area contributed by atoms with Gasteiger partial charge in [0.2, 0.25) is 0 Å². The van der Waals surface area contributed by atoms with Gasteiger partial charge in [0.15, 0.2) is 18.2 Å².